The maximum atomic E-state index is 14.7. The maximum Gasteiger partial charge on any atom is 0.201 e. The van der Waals surface area contributed by atoms with E-state index in [2.05, 4.69) is 34.9 Å². The zero-order chi connectivity index (χ0) is 27.1. The summed E-state index contributed by atoms with van der Waals surface area (Å²) >= 11 is 0. The van der Waals surface area contributed by atoms with Crippen molar-refractivity contribution in [3.63, 3.8) is 0 Å². The van der Waals surface area contributed by atoms with Gasteiger partial charge in [0.2, 0.25) is 5.43 Å². The fraction of sp³-hybridized carbons (Fsp3) is 0.114. The van der Waals surface area contributed by atoms with Gasteiger partial charge in [-0.3, -0.25) is 4.79 Å². The van der Waals surface area contributed by atoms with E-state index in [0.717, 1.165) is 55.3 Å². The average Bonchev–Trinajstić information content (AvgIpc) is 3.34. The van der Waals surface area contributed by atoms with Gasteiger partial charge in [0.25, 0.3) is 0 Å². The molecule has 41 heavy (non-hydrogen) atoms. The fourth-order valence-electron chi connectivity index (χ4n) is 6.43. The molecule has 198 valence electrons. The van der Waals surface area contributed by atoms with E-state index in [1.165, 1.54) is 0 Å². The smallest absolute Gasteiger partial charge is 0.201 e. The highest BCUT2D eigenvalue weighted by Crippen LogP contribution is 2.42. The molecule has 9 rings (SSSR count). The predicted octanol–water partition coefficient (Wildman–Crippen LogP) is 7.90. The van der Waals surface area contributed by atoms with E-state index in [9.17, 15) is 4.79 Å². The number of hydrogen-bond acceptors (Lipinski definition) is 5. The Morgan fingerprint density at radius 3 is 2.27 bits per heavy atom. The van der Waals surface area contributed by atoms with E-state index in [-0.39, 0.29) is 5.43 Å². The lowest BCUT2D eigenvalue weighted by Crippen LogP contribution is -2.18. The minimum absolute atomic E-state index is 0.109. The van der Waals surface area contributed by atoms with E-state index in [0.29, 0.717) is 54.3 Å². The van der Waals surface area contributed by atoms with Crippen molar-refractivity contribution in [3.05, 3.63) is 123 Å². The Morgan fingerprint density at radius 2 is 1.34 bits per heavy atom. The molecule has 6 nitrogen and oxygen atoms in total. The van der Waals surface area contributed by atoms with Crippen molar-refractivity contribution in [2.24, 2.45) is 0 Å². The number of pyridine rings is 1. The first kappa shape index (κ1) is 22.9. The van der Waals surface area contributed by atoms with E-state index < -0.39 is 0 Å². The van der Waals surface area contributed by atoms with Gasteiger partial charge in [0, 0.05) is 33.0 Å². The van der Waals surface area contributed by atoms with Crippen LogP contribution in [-0.2, 0) is 35.9 Å². The molecule has 0 atom stereocenters. The summed E-state index contributed by atoms with van der Waals surface area (Å²) in [6, 6.07) is 30.1. The van der Waals surface area contributed by atoms with Crippen molar-refractivity contribution in [2.75, 3.05) is 0 Å². The third-order valence-electron chi connectivity index (χ3n) is 8.29. The van der Waals surface area contributed by atoms with Gasteiger partial charge in [0.1, 0.15) is 22.7 Å². The molecular weight excluding hydrogens is 514 g/mol. The van der Waals surface area contributed by atoms with Crippen molar-refractivity contribution < 1.29 is 18.6 Å². The van der Waals surface area contributed by atoms with Crippen LogP contribution < -0.4 is 10.2 Å². The number of nitrogens with zero attached hydrogens (tertiary/aromatic N) is 1. The van der Waals surface area contributed by atoms with Crippen LogP contribution in [0.2, 0.25) is 0 Å². The van der Waals surface area contributed by atoms with Gasteiger partial charge in [0.15, 0.2) is 0 Å². The summed E-state index contributed by atoms with van der Waals surface area (Å²) in [5, 5.41) is 3.07. The van der Waals surface area contributed by atoms with Crippen molar-refractivity contribution in [1.82, 2.24) is 4.57 Å². The Kier molecular flexibility index (Phi) is 4.76. The molecule has 0 bridgehead atoms. The van der Waals surface area contributed by atoms with Gasteiger partial charge in [-0.05, 0) is 36.4 Å². The van der Waals surface area contributed by atoms with Gasteiger partial charge >= 0.3 is 0 Å². The topological polar surface area (TPSA) is 62.8 Å². The third-order valence-corrected chi connectivity index (χ3v) is 8.29. The van der Waals surface area contributed by atoms with Crippen LogP contribution in [0.15, 0.2) is 100 Å². The standard InChI is InChI=1S/C35H23NO5/c37-34-26-15-31-25(24-9-3-6-12-30(24)40-31)14-28(26)36-27-10-4-1-7-20(27)16-38-18-22-13-23-19-39-17-21-8-2-5-11-29(21)41-35(23)32(34)33(22)36/h1-15H,16-19H2. The van der Waals surface area contributed by atoms with E-state index in [4.69, 9.17) is 18.6 Å². The van der Waals surface area contributed by atoms with Crippen LogP contribution in [0.3, 0.4) is 0 Å². The first-order valence-corrected chi connectivity index (χ1v) is 13.7. The van der Waals surface area contributed by atoms with Crippen molar-refractivity contribution in [2.45, 2.75) is 26.4 Å². The number of para-hydroxylation sites is 3. The molecule has 0 radical (unpaired) electrons. The molecule has 0 spiro atoms. The Balaban J connectivity index is 1.51. The minimum atomic E-state index is -0.109. The largest absolute Gasteiger partial charge is 0.456 e. The van der Waals surface area contributed by atoms with Gasteiger partial charge in [-0.2, -0.15) is 0 Å². The second-order valence-corrected chi connectivity index (χ2v) is 10.7. The normalized spacial score (nSPS) is 14.5. The maximum absolute atomic E-state index is 14.7. The number of rotatable bonds is 0. The number of aromatic nitrogens is 1. The van der Waals surface area contributed by atoms with Gasteiger partial charge in [-0.1, -0.05) is 54.6 Å². The molecule has 5 aromatic carbocycles. The lowest BCUT2D eigenvalue weighted by atomic mass is 9.98. The monoisotopic (exact) mass is 537 g/mol. The molecule has 0 fully saturated rings. The SMILES string of the molecule is O=c1c2cc3oc4ccccc4c3cc2n2c3c(cc4c(c13)Oc1ccccc1COC4)COCc1ccccc1-2. The zero-order valence-electron chi connectivity index (χ0n) is 22.0. The van der Waals surface area contributed by atoms with Crippen LogP contribution in [-0.4, -0.2) is 4.57 Å². The van der Waals surface area contributed by atoms with Crippen molar-refractivity contribution in [3.8, 4) is 17.2 Å². The molecule has 2 aromatic heterocycles. The number of ether oxygens (including phenoxy) is 3. The van der Waals surface area contributed by atoms with Gasteiger partial charge in [-0.25, -0.2) is 0 Å². The molecule has 7 aromatic rings. The highest BCUT2D eigenvalue weighted by Gasteiger charge is 2.27. The van der Waals surface area contributed by atoms with Gasteiger partial charge < -0.3 is 23.2 Å². The first-order valence-electron chi connectivity index (χ1n) is 13.7. The number of furan rings is 1. The van der Waals surface area contributed by atoms with Crippen LogP contribution in [0.4, 0.5) is 0 Å². The highest BCUT2D eigenvalue weighted by atomic mass is 16.5. The van der Waals surface area contributed by atoms with Crippen molar-refractivity contribution in [1.29, 1.82) is 0 Å². The number of fused-ring (bicyclic) bond motifs is 10. The van der Waals surface area contributed by atoms with E-state index >= 15 is 0 Å². The van der Waals surface area contributed by atoms with Crippen LogP contribution in [0.25, 0.3) is 49.4 Å². The van der Waals surface area contributed by atoms with Crippen LogP contribution in [0.5, 0.6) is 11.5 Å². The molecule has 4 heterocycles. The molecule has 0 aliphatic carbocycles. The molecule has 0 amide bonds. The first-order chi connectivity index (χ1) is 20.2. The van der Waals surface area contributed by atoms with Gasteiger partial charge in [-0.15, -0.1) is 0 Å². The molecule has 0 N–H and O–H groups in total. The lowest BCUT2D eigenvalue weighted by molar-refractivity contribution is 0.0985. The molecular formula is C35H23NO5. The molecule has 2 aliphatic rings. The molecule has 6 heteroatoms. The Bertz CT molecular complexity index is 2280. The second kappa shape index (κ2) is 8.54. The summed E-state index contributed by atoms with van der Waals surface area (Å²) in [6.07, 6.45) is 0. The second-order valence-electron chi connectivity index (χ2n) is 10.7. The summed E-state index contributed by atoms with van der Waals surface area (Å²) in [5.41, 5.74) is 7.67. The Labute approximate surface area is 233 Å². The zero-order valence-corrected chi connectivity index (χ0v) is 22.0. The quantitative estimate of drug-likeness (QED) is 0.184. The number of hydrogen-bond donors (Lipinski definition) is 0. The van der Waals surface area contributed by atoms with Crippen LogP contribution >= 0.6 is 0 Å². The van der Waals surface area contributed by atoms with E-state index in [1.807, 2.05) is 60.7 Å². The van der Waals surface area contributed by atoms with Crippen molar-refractivity contribution >= 4 is 43.7 Å². The summed E-state index contributed by atoms with van der Waals surface area (Å²) in [5.74, 6) is 1.21. The van der Waals surface area contributed by atoms with Gasteiger partial charge in [0.05, 0.1) is 53.9 Å². The minimum Gasteiger partial charge on any atom is -0.456 e. The summed E-state index contributed by atoms with van der Waals surface area (Å²) in [6.45, 7) is 1.57. The number of benzene rings is 5. The van der Waals surface area contributed by atoms with Crippen LogP contribution in [0.1, 0.15) is 22.3 Å². The van der Waals surface area contributed by atoms with Crippen LogP contribution in [0, 0.1) is 0 Å². The highest BCUT2D eigenvalue weighted by molar-refractivity contribution is 6.12. The molecule has 2 aliphatic heterocycles. The molecule has 0 saturated heterocycles. The van der Waals surface area contributed by atoms with E-state index in [1.54, 1.807) is 0 Å². The Hall–Kier alpha value is -4.91. The summed E-state index contributed by atoms with van der Waals surface area (Å²) in [7, 11) is 0. The third kappa shape index (κ3) is 3.29. The molecule has 0 unspecified atom stereocenters. The fourth-order valence-corrected chi connectivity index (χ4v) is 6.43. The average molecular weight is 538 g/mol. The predicted molar refractivity (Wildman–Crippen MR) is 158 cm³/mol. The summed E-state index contributed by atoms with van der Waals surface area (Å²) in [4.78, 5) is 14.7. The molecule has 0 saturated carbocycles. The summed E-state index contributed by atoms with van der Waals surface area (Å²) < 4.78 is 27.4. The Morgan fingerprint density at radius 1 is 0.610 bits per heavy atom. The lowest BCUT2D eigenvalue weighted by Gasteiger charge is -2.26.